The Bertz CT molecular complexity index is 196. The molecule has 0 saturated carbocycles. The zero-order chi connectivity index (χ0) is 14.7. The lowest BCUT2D eigenvalue weighted by molar-refractivity contribution is -0.110. The van der Waals surface area contributed by atoms with Crippen LogP contribution in [-0.4, -0.2) is 78.8 Å². The van der Waals surface area contributed by atoms with Gasteiger partial charge >= 0.3 is 0 Å². The van der Waals surface area contributed by atoms with Gasteiger partial charge in [-0.1, -0.05) is 0 Å². The molecule has 0 heterocycles. The quantitative estimate of drug-likeness (QED) is 0.251. The molecule has 0 aliphatic carbocycles. The molecule has 20 heavy (non-hydrogen) atoms. The molecule has 0 saturated heterocycles. The number of nitrogens with one attached hydrogen (secondary N) is 2. The van der Waals surface area contributed by atoms with E-state index in [-0.39, 0.29) is 0 Å². The summed E-state index contributed by atoms with van der Waals surface area (Å²) in [5, 5.41) is 4.99. The minimum Gasteiger partial charge on any atom is -0.377 e. The van der Waals surface area contributed by atoms with Gasteiger partial charge in [-0.2, -0.15) is 0 Å². The van der Waals surface area contributed by atoms with Crippen molar-refractivity contribution in [1.29, 1.82) is 0 Å². The zero-order valence-corrected chi connectivity index (χ0v) is 11.7. The second kappa shape index (κ2) is 17.8. The Balaban J connectivity index is 2.92. The number of rotatable bonds is 17. The van der Waals surface area contributed by atoms with Gasteiger partial charge in [0.25, 0.3) is 0 Å². The molecule has 0 aliphatic rings. The Hall–Kier alpha value is -1.22. The minimum absolute atomic E-state index is 0.481. The predicted molar refractivity (Wildman–Crippen MR) is 71.4 cm³/mol. The van der Waals surface area contributed by atoms with Crippen LogP contribution in [0.25, 0.3) is 0 Å². The van der Waals surface area contributed by atoms with Gasteiger partial charge < -0.3 is 29.6 Å². The zero-order valence-electron chi connectivity index (χ0n) is 11.7. The van der Waals surface area contributed by atoms with Gasteiger partial charge in [0.2, 0.25) is 12.8 Å². The van der Waals surface area contributed by atoms with E-state index in [4.69, 9.17) is 18.9 Å². The molecule has 0 spiro atoms. The van der Waals surface area contributed by atoms with Crippen molar-refractivity contribution in [3.05, 3.63) is 0 Å². The highest BCUT2D eigenvalue weighted by Crippen LogP contribution is 1.82. The van der Waals surface area contributed by atoms with Gasteiger partial charge in [0.1, 0.15) is 0 Å². The van der Waals surface area contributed by atoms with Crippen molar-refractivity contribution in [2.75, 3.05) is 65.9 Å². The topological polar surface area (TPSA) is 95.1 Å². The summed E-state index contributed by atoms with van der Waals surface area (Å²) in [4.78, 5) is 19.8. The second-order valence-corrected chi connectivity index (χ2v) is 3.59. The highest BCUT2D eigenvalue weighted by molar-refractivity contribution is 5.45. The van der Waals surface area contributed by atoms with E-state index in [0.29, 0.717) is 78.8 Å². The first kappa shape index (κ1) is 18.8. The number of amides is 2. The van der Waals surface area contributed by atoms with Crippen LogP contribution in [0.4, 0.5) is 0 Å². The Kier molecular flexibility index (Phi) is 16.7. The molecule has 0 rings (SSSR count). The van der Waals surface area contributed by atoms with Gasteiger partial charge in [0, 0.05) is 13.1 Å². The summed E-state index contributed by atoms with van der Waals surface area (Å²) in [7, 11) is 0. The molecule has 0 fully saturated rings. The van der Waals surface area contributed by atoms with E-state index in [1.165, 1.54) is 0 Å². The van der Waals surface area contributed by atoms with E-state index in [1.54, 1.807) is 0 Å². The Morgan fingerprint density at radius 1 is 0.550 bits per heavy atom. The molecule has 118 valence electrons. The minimum atomic E-state index is 0.481. The van der Waals surface area contributed by atoms with Crippen LogP contribution in [0.2, 0.25) is 0 Å². The van der Waals surface area contributed by atoms with Crippen molar-refractivity contribution in [2.45, 2.75) is 0 Å². The molecule has 0 aromatic carbocycles. The van der Waals surface area contributed by atoms with E-state index in [1.807, 2.05) is 0 Å². The smallest absolute Gasteiger partial charge is 0.207 e. The predicted octanol–water partition coefficient (Wildman–Crippen LogP) is -1.46. The molecule has 0 aromatic heterocycles. The maximum Gasteiger partial charge on any atom is 0.207 e. The standard InChI is InChI=1S/C12H24N2O6/c15-11-13-1-3-17-5-7-19-9-10-20-8-6-18-4-2-14-12-16/h11-12H,1-10H2,(H,13,15)(H,14,16). The molecule has 0 radical (unpaired) electrons. The van der Waals surface area contributed by atoms with Crippen LogP contribution in [0.15, 0.2) is 0 Å². The average molecular weight is 292 g/mol. The number of carbonyl (C=O) groups is 2. The maximum absolute atomic E-state index is 9.92. The molecule has 0 aliphatic heterocycles. The van der Waals surface area contributed by atoms with Crippen molar-refractivity contribution in [3.63, 3.8) is 0 Å². The van der Waals surface area contributed by atoms with Crippen LogP contribution in [0.1, 0.15) is 0 Å². The molecular weight excluding hydrogens is 268 g/mol. The summed E-state index contributed by atoms with van der Waals surface area (Å²) in [6.45, 7) is 4.97. The lowest BCUT2D eigenvalue weighted by atomic mass is 10.6. The van der Waals surface area contributed by atoms with Crippen molar-refractivity contribution < 1.29 is 28.5 Å². The molecule has 2 N–H and O–H groups in total. The second-order valence-electron chi connectivity index (χ2n) is 3.59. The first-order chi connectivity index (χ1) is 9.91. The highest BCUT2D eigenvalue weighted by atomic mass is 16.6. The van der Waals surface area contributed by atoms with Crippen molar-refractivity contribution >= 4 is 12.8 Å². The van der Waals surface area contributed by atoms with Crippen molar-refractivity contribution in [1.82, 2.24) is 10.6 Å². The van der Waals surface area contributed by atoms with Crippen LogP contribution in [0.3, 0.4) is 0 Å². The third-order valence-corrected chi connectivity index (χ3v) is 2.06. The molecule has 8 nitrogen and oxygen atoms in total. The summed E-state index contributed by atoms with van der Waals surface area (Å²) >= 11 is 0. The number of hydrogen-bond acceptors (Lipinski definition) is 6. The summed E-state index contributed by atoms with van der Waals surface area (Å²) in [6, 6.07) is 0. The van der Waals surface area contributed by atoms with Crippen LogP contribution < -0.4 is 10.6 Å². The molecule has 8 heteroatoms. The van der Waals surface area contributed by atoms with Crippen molar-refractivity contribution in [3.8, 4) is 0 Å². The van der Waals surface area contributed by atoms with Gasteiger partial charge in [-0.05, 0) is 0 Å². The fraction of sp³-hybridized carbons (Fsp3) is 0.833. The summed E-state index contributed by atoms with van der Waals surface area (Å²) in [5.74, 6) is 0. The van der Waals surface area contributed by atoms with Gasteiger partial charge in [-0.3, -0.25) is 9.59 Å². The maximum atomic E-state index is 9.92. The average Bonchev–Trinajstić information content (AvgIpc) is 2.47. The lowest BCUT2D eigenvalue weighted by Crippen LogP contribution is -2.19. The van der Waals surface area contributed by atoms with Crippen LogP contribution in [-0.2, 0) is 28.5 Å². The lowest BCUT2D eigenvalue weighted by Gasteiger charge is -2.07. The molecule has 0 aromatic rings. The van der Waals surface area contributed by atoms with Gasteiger partial charge in [0.15, 0.2) is 0 Å². The first-order valence-electron chi connectivity index (χ1n) is 6.57. The Labute approximate surface area is 119 Å². The van der Waals surface area contributed by atoms with Gasteiger partial charge in [-0.25, -0.2) is 0 Å². The molecule has 0 atom stereocenters. The fourth-order valence-electron chi connectivity index (χ4n) is 1.14. The monoisotopic (exact) mass is 292 g/mol. The summed E-state index contributed by atoms with van der Waals surface area (Å²) < 4.78 is 20.9. The third kappa shape index (κ3) is 16.8. The van der Waals surface area contributed by atoms with E-state index in [9.17, 15) is 9.59 Å². The van der Waals surface area contributed by atoms with E-state index in [2.05, 4.69) is 10.6 Å². The Morgan fingerprint density at radius 3 is 1.15 bits per heavy atom. The molecule has 0 bridgehead atoms. The normalized spacial score (nSPS) is 10.2. The van der Waals surface area contributed by atoms with E-state index < -0.39 is 0 Å². The van der Waals surface area contributed by atoms with E-state index in [0.717, 1.165) is 0 Å². The number of ether oxygens (including phenoxy) is 4. The molecule has 2 amide bonds. The molecule has 0 unspecified atom stereocenters. The van der Waals surface area contributed by atoms with Crippen LogP contribution >= 0.6 is 0 Å². The van der Waals surface area contributed by atoms with Gasteiger partial charge in [-0.15, -0.1) is 0 Å². The Morgan fingerprint density at radius 2 is 0.850 bits per heavy atom. The first-order valence-corrected chi connectivity index (χ1v) is 6.57. The van der Waals surface area contributed by atoms with E-state index >= 15 is 0 Å². The largest absolute Gasteiger partial charge is 0.377 e. The van der Waals surface area contributed by atoms with Crippen LogP contribution in [0, 0.1) is 0 Å². The summed E-state index contributed by atoms with van der Waals surface area (Å²) in [6.07, 6.45) is 1.28. The van der Waals surface area contributed by atoms with Crippen LogP contribution in [0.5, 0.6) is 0 Å². The fourth-order valence-corrected chi connectivity index (χ4v) is 1.14. The van der Waals surface area contributed by atoms with Gasteiger partial charge in [0.05, 0.1) is 52.9 Å². The number of hydrogen-bond donors (Lipinski definition) is 2. The SMILES string of the molecule is O=CNCCOCCOCCOCCOCCNC=O. The summed E-state index contributed by atoms with van der Waals surface area (Å²) in [5.41, 5.74) is 0. The number of carbonyl (C=O) groups excluding carboxylic acids is 2. The van der Waals surface area contributed by atoms with Crippen molar-refractivity contribution in [2.24, 2.45) is 0 Å². The molecular formula is C12H24N2O6. The highest BCUT2D eigenvalue weighted by Gasteiger charge is 1.92. The third-order valence-electron chi connectivity index (χ3n) is 2.06.